The summed E-state index contributed by atoms with van der Waals surface area (Å²) in [6.07, 6.45) is 0. The minimum Gasteiger partial charge on any atom is -0.483 e. The van der Waals surface area contributed by atoms with Gasteiger partial charge in [0.15, 0.2) is 12.4 Å². The summed E-state index contributed by atoms with van der Waals surface area (Å²) in [5.74, 6) is 1.46. The van der Waals surface area contributed by atoms with E-state index in [2.05, 4.69) is 15.5 Å². The molecule has 6 heteroatoms. The maximum Gasteiger partial charge on any atom is 0.262 e. The number of aryl methyl sites for hydroxylation is 2. The number of nitrogens with zero attached hydrogens (tertiary/aromatic N) is 2. The number of aromatic nitrogens is 2. The molecule has 1 N–H and O–H groups in total. The fourth-order valence-electron chi connectivity index (χ4n) is 2.51. The quantitative estimate of drug-likeness (QED) is 0.696. The van der Waals surface area contributed by atoms with Crippen molar-refractivity contribution in [2.24, 2.45) is 0 Å². The second-order valence-electron chi connectivity index (χ2n) is 6.74. The molecule has 0 unspecified atom stereocenters. The third kappa shape index (κ3) is 4.53. The summed E-state index contributed by atoms with van der Waals surface area (Å²) in [6, 6.07) is 13.1. The van der Waals surface area contributed by atoms with Crippen LogP contribution in [0.1, 0.15) is 36.7 Å². The first-order valence-electron chi connectivity index (χ1n) is 8.87. The maximum absolute atomic E-state index is 12.2. The molecular formula is C21H23N3O3. The van der Waals surface area contributed by atoms with Gasteiger partial charge in [-0.1, -0.05) is 37.2 Å². The lowest BCUT2D eigenvalue weighted by atomic mass is 10.1. The van der Waals surface area contributed by atoms with Crippen LogP contribution in [-0.4, -0.2) is 22.7 Å². The molecule has 0 radical (unpaired) electrons. The van der Waals surface area contributed by atoms with E-state index in [1.54, 1.807) is 6.07 Å². The number of hydrogen-bond donors (Lipinski definition) is 1. The van der Waals surface area contributed by atoms with E-state index in [9.17, 15) is 4.79 Å². The van der Waals surface area contributed by atoms with Crippen LogP contribution < -0.4 is 10.1 Å². The van der Waals surface area contributed by atoms with Gasteiger partial charge >= 0.3 is 0 Å². The summed E-state index contributed by atoms with van der Waals surface area (Å²) in [6.45, 7) is 7.91. The topological polar surface area (TPSA) is 77.2 Å². The highest BCUT2D eigenvalue weighted by Gasteiger charge is 2.16. The first-order valence-corrected chi connectivity index (χ1v) is 8.87. The second-order valence-corrected chi connectivity index (χ2v) is 6.74. The van der Waals surface area contributed by atoms with Gasteiger partial charge in [-0.3, -0.25) is 4.79 Å². The minimum absolute atomic E-state index is 0.116. The molecule has 0 fully saturated rings. The van der Waals surface area contributed by atoms with E-state index in [4.69, 9.17) is 9.26 Å². The summed E-state index contributed by atoms with van der Waals surface area (Å²) in [7, 11) is 0. The van der Waals surface area contributed by atoms with Crippen molar-refractivity contribution in [3.63, 3.8) is 0 Å². The Labute approximate surface area is 158 Å². The Morgan fingerprint density at radius 1 is 1.15 bits per heavy atom. The third-order valence-electron chi connectivity index (χ3n) is 4.23. The molecule has 1 aromatic heterocycles. The Balaban J connectivity index is 1.68. The van der Waals surface area contributed by atoms with Gasteiger partial charge in [0.1, 0.15) is 5.75 Å². The zero-order chi connectivity index (χ0) is 19.4. The molecule has 6 nitrogen and oxygen atoms in total. The molecule has 0 aliphatic rings. The summed E-state index contributed by atoms with van der Waals surface area (Å²) in [5, 5.41) is 6.82. The monoisotopic (exact) mass is 365 g/mol. The van der Waals surface area contributed by atoms with Crippen LogP contribution in [0.5, 0.6) is 5.75 Å². The highest BCUT2D eigenvalue weighted by Crippen LogP contribution is 2.29. The second kappa shape index (κ2) is 8.03. The lowest BCUT2D eigenvalue weighted by Crippen LogP contribution is -2.20. The molecule has 3 aromatic rings. The standard InChI is InChI=1S/C21H23N3O3/c1-13(2)20-23-21(27-24-20)17-7-5-6-8-18(17)26-12-19(25)22-16-10-9-14(3)15(4)11-16/h5-11,13H,12H2,1-4H3,(H,22,25). The van der Waals surface area contributed by atoms with Gasteiger partial charge in [-0.2, -0.15) is 4.98 Å². The highest BCUT2D eigenvalue weighted by atomic mass is 16.5. The van der Waals surface area contributed by atoms with Crippen LogP contribution in [0.25, 0.3) is 11.5 Å². The van der Waals surface area contributed by atoms with Crippen molar-refractivity contribution >= 4 is 11.6 Å². The zero-order valence-corrected chi connectivity index (χ0v) is 15.9. The Kier molecular flexibility index (Phi) is 5.54. The van der Waals surface area contributed by atoms with Crippen molar-refractivity contribution in [1.29, 1.82) is 0 Å². The number of carbonyl (C=O) groups is 1. The zero-order valence-electron chi connectivity index (χ0n) is 15.9. The van der Waals surface area contributed by atoms with E-state index >= 15 is 0 Å². The highest BCUT2D eigenvalue weighted by molar-refractivity contribution is 5.92. The number of para-hydroxylation sites is 1. The fraction of sp³-hybridized carbons (Fsp3) is 0.286. The molecule has 2 aromatic carbocycles. The third-order valence-corrected chi connectivity index (χ3v) is 4.23. The molecule has 1 heterocycles. The molecule has 0 aliphatic heterocycles. The number of carbonyl (C=O) groups excluding carboxylic acids is 1. The van der Waals surface area contributed by atoms with Gasteiger partial charge < -0.3 is 14.6 Å². The van der Waals surface area contributed by atoms with E-state index in [-0.39, 0.29) is 18.4 Å². The Bertz CT molecular complexity index is 947. The van der Waals surface area contributed by atoms with Crippen LogP contribution >= 0.6 is 0 Å². The molecule has 27 heavy (non-hydrogen) atoms. The largest absolute Gasteiger partial charge is 0.483 e. The van der Waals surface area contributed by atoms with E-state index in [0.29, 0.717) is 23.0 Å². The molecular weight excluding hydrogens is 342 g/mol. The Morgan fingerprint density at radius 2 is 1.93 bits per heavy atom. The number of anilines is 1. The molecule has 0 saturated carbocycles. The van der Waals surface area contributed by atoms with Crippen LogP contribution in [0, 0.1) is 13.8 Å². The Hall–Kier alpha value is -3.15. The number of ether oxygens (including phenoxy) is 1. The van der Waals surface area contributed by atoms with Crippen LogP contribution in [0.4, 0.5) is 5.69 Å². The van der Waals surface area contributed by atoms with Gasteiger partial charge in [-0.15, -0.1) is 0 Å². The van der Waals surface area contributed by atoms with Crippen molar-refractivity contribution in [3.05, 3.63) is 59.4 Å². The number of rotatable bonds is 6. The Morgan fingerprint density at radius 3 is 2.63 bits per heavy atom. The molecule has 3 rings (SSSR count). The van der Waals surface area contributed by atoms with Gasteiger partial charge in [0.05, 0.1) is 5.56 Å². The average Bonchev–Trinajstić information content (AvgIpc) is 3.14. The van der Waals surface area contributed by atoms with Crippen LogP contribution in [-0.2, 0) is 4.79 Å². The first kappa shape index (κ1) is 18.6. The smallest absolute Gasteiger partial charge is 0.262 e. The van der Waals surface area contributed by atoms with Crippen molar-refractivity contribution in [3.8, 4) is 17.2 Å². The predicted octanol–water partition coefficient (Wildman–Crippen LogP) is 4.49. The normalized spacial score (nSPS) is 10.9. The number of nitrogens with one attached hydrogen (secondary N) is 1. The first-order chi connectivity index (χ1) is 12.9. The molecule has 140 valence electrons. The molecule has 0 aliphatic carbocycles. The van der Waals surface area contributed by atoms with Gasteiger partial charge in [0.2, 0.25) is 0 Å². The van der Waals surface area contributed by atoms with E-state index in [1.807, 2.05) is 64.1 Å². The molecule has 0 atom stereocenters. The van der Waals surface area contributed by atoms with E-state index in [0.717, 1.165) is 11.3 Å². The van der Waals surface area contributed by atoms with Gasteiger partial charge in [0, 0.05) is 11.6 Å². The van der Waals surface area contributed by atoms with E-state index in [1.165, 1.54) is 5.56 Å². The van der Waals surface area contributed by atoms with E-state index < -0.39 is 0 Å². The minimum atomic E-state index is -0.235. The van der Waals surface area contributed by atoms with Crippen molar-refractivity contribution in [1.82, 2.24) is 10.1 Å². The van der Waals surface area contributed by atoms with Crippen molar-refractivity contribution in [2.75, 3.05) is 11.9 Å². The van der Waals surface area contributed by atoms with Gasteiger partial charge in [-0.25, -0.2) is 0 Å². The molecule has 0 spiro atoms. The van der Waals surface area contributed by atoms with Crippen molar-refractivity contribution in [2.45, 2.75) is 33.6 Å². The fourth-order valence-corrected chi connectivity index (χ4v) is 2.51. The summed E-state index contributed by atoms with van der Waals surface area (Å²) >= 11 is 0. The summed E-state index contributed by atoms with van der Waals surface area (Å²) in [5.41, 5.74) is 3.71. The summed E-state index contributed by atoms with van der Waals surface area (Å²) < 4.78 is 11.0. The van der Waals surface area contributed by atoms with Gasteiger partial charge in [0.25, 0.3) is 11.8 Å². The lowest BCUT2D eigenvalue weighted by Gasteiger charge is -2.10. The number of amides is 1. The lowest BCUT2D eigenvalue weighted by molar-refractivity contribution is -0.118. The van der Waals surface area contributed by atoms with Gasteiger partial charge in [-0.05, 0) is 49.2 Å². The van der Waals surface area contributed by atoms with Crippen LogP contribution in [0.2, 0.25) is 0 Å². The number of benzene rings is 2. The summed E-state index contributed by atoms with van der Waals surface area (Å²) in [4.78, 5) is 16.6. The SMILES string of the molecule is Cc1ccc(NC(=O)COc2ccccc2-c2nc(C(C)C)no2)cc1C. The van der Waals surface area contributed by atoms with Crippen LogP contribution in [0.15, 0.2) is 47.0 Å². The number of hydrogen-bond acceptors (Lipinski definition) is 5. The van der Waals surface area contributed by atoms with Crippen LogP contribution in [0.3, 0.4) is 0 Å². The molecule has 0 saturated heterocycles. The van der Waals surface area contributed by atoms with Crippen molar-refractivity contribution < 1.29 is 14.1 Å². The molecule has 0 bridgehead atoms. The average molecular weight is 365 g/mol. The maximum atomic E-state index is 12.2. The molecule has 1 amide bonds. The predicted molar refractivity (Wildman–Crippen MR) is 104 cm³/mol.